The minimum atomic E-state index is 0.176. The molecule has 2 aromatic carbocycles. The van der Waals surface area contributed by atoms with Crippen LogP contribution >= 0.6 is 31.9 Å². The van der Waals surface area contributed by atoms with Gasteiger partial charge in [0.25, 0.3) is 0 Å². The lowest BCUT2D eigenvalue weighted by Gasteiger charge is -2.20. The number of hydrogen-bond donors (Lipinski definition) is 1. The van der Waals surface area contributed by atoms with E-state index in [0.717, 1.165) is 21.2 Å². The molecule has 0 amide bonds. The molecular weight excluding hydrogens is 394 g/mol. The maximum absolute atomic E-state index is 5.58. The summed E-state index contributed by atoms with van der Waals surface area (Å²) in [7, 11) is 0. The first-order valence-electron chi connectivity index (χ1n) is 7.06. The zero-order chi connectivity index (χ0) is 15.2. The van der Waals surface area contributed by atoms with E-state index in [1.54, 1.807) is 0 Å². The molecule has 1 unspecified atom stereocenters. The van der Waals surface area contributed by atoms with E-state index in [2.05, 4.69) is 80.5 Å². The van der Waals surface area contributed by atoms with Crippen LogP contribution in [-0.4, -0.2) is 13.2 Å². The summed E-state index contributed by atoms with van der Waals surface area (Å²) >= 11 is 7.08. The molecule has 0 saturated heterocycles. The largest absolute Gasteiger partial charge is 0.493 e. The Balaban J connectivity index is 2.33. The van der Waals surface area contributed by atoms with Gasteiger partial charge in [0.2, 0.25) is 0 Å². The van der Waals surface area contributed by atoms with Crippen LogP contribution in [0.5, 0.6) is 5.75 Å². The molecule has 0 aromatic heterocycles. The van der Waals surface area contributed by atoms with Crippen LogP contribution in [0.3, 0.4) is 0 Å². The Labute approximate surface area is 143 Å². The predicted octanol–water partition coefficient (Wildman–Crippen LogP) is 5.31. The summed E-state index contributed by atoms with van der Waals surface area (Å²) in [6.07, 6.45) is 0. The van der Waals surface area contributed by atoms with Gasteiger partial charge in [-0.25, -0.2) is 0 Å². The summed E-state index contributed by atoms with van der Waals surface area (Å²) in [5.41, 5.74) is 2.46. The van der Waals surface area contributed by atoms with Crippen LogP contribution in [0.1, 0.15) is 31.0 Å². The quantitative estimate of drug-likeness (QED) is 0.694. The average Bonchev–Trinajstić information content (AvgIpc) is 2.48. The van der Waals surface area contributed by atoms with Gasteiger partial charge in [-0.2, -0.15) is 0 Å². The van der Waals surface area contributed by atoms with Crippen molar-refractivity contribution >= 4 is 31.9 Å². The van der Waals surface area contributed by atoms with E-state index in [4.69, 9.17) is 4.74 Å². The Bertz CT molecular complexity index is 584. The van der Waals surface area contributed by atoms with Crippen LogP contribution in [0.4, 0.5) is 0 Å². The molecule has 0 aliphatic carbocycles. The summed E-state index contributed by atoms with van der Waals surface area (Å²) < 4.78 is 7.66. The van der Waals surface area contributed by atoms with Gasteiger partial charge in [0.1, 0.15) is 5.75 Å². The molecule has 0 aliphatic heterocycles. The summed E-state index contributed by atoms with van der Waals surface area (Å²) in [5, 5.41) is 3.54. The fraction of sp³-hybridized carbons (Fsp3) is 0.294. The van der Waals surface area contributed by atoms with Gasteiger partial charge in [-0.15, -0.1) is 0 Å². The Morgan fingerprint density at radius 2 is 1.67 bits per heavy atom. The molecule has 0 aliphatic rings. The fourth-order valence-corrected chi connectivity index (χ4v) is 3.03. The third-order valence-corrected chi connectivity index (χ3v) is 4.35. The number of rotatable bonds is 6. The van der Waals surface area contributed by atoms with Gasteiger partial charge >= 0.3 is 0 Å². The second kappa shape index (κ2) is 7.97. The highest BCUT2D eigenvalue weighted by Crippen LogP contribution is 2.31. The van der Waals surface area contributed by atoms with Crippen molar-refractivity contribution in [2.45, 2.75) is 19.9 Å². The minimum Gasteiger partial charge on any atom is -0.493 e. The van der Waals surface area contributed by atoms with Crippen molar-refractivity contribution in [1.82, 2.24) is 5.32 Å². The molecule has 0 saturated carbocycles. The minimum absolute atomic E-state index is 0.176. The molecule has 4 heteroatoms. The van der Waals surface area contributed by atoms with E-state index in [9.17, 15) is 0 Å². The maximum atomic E-state index is 5.58. The van der Waals surface area contributed by atoms with Crippen molar-refractivity contribution in [2.75, 3.05) is 13.2 Å². The van der Waals surface area contributed by atoms with Gasteiger partial charge in [-0.1, -0.05) is 41.1 Å². The smallest absolute Gasteiger partial charge is 0.133 e. The van der Waals surface area contributed by atoms with E-state index in [-0.39, 0.29) is 6.04 Å². The molecule has 2 aromatic rings. The number of benzene rings is 2. The Morgan fingerprint density at radius 1 is 1.00 bits per heavy atom. The second-order valence-corrected chi connectivity index (χ2v) is 6.44. The third kappa shape index (κ3) is 4.31. The second-order valence-electron chi connectivity index (χ2n) is 4.67. The molecule has 0 heterocycles. The number of ether oxygens (including phenoxy) is 1. The normalized spacial score (nSPS) is 12.2. The van der Waals surface area contributed by atoms with Crippen molar-refractivity contribution in [1.29, 1.82) is 0 Å². The Hall–Kier alpha value is -0.840. The molecular formula is C17H19Br2NO. The first-order valence-corrected chi connectivity index (χ1v) is 8.65. The summed E-state index contributed by atoms with van der Waals surface area (Å²) in [4.78, 5) is 0. The zero-order valence-corrected chi connectivity index (χ0v) is 15.4. The SMILES string of the molecule is CCNC(c1ccc(Br)cc1)c1ccc(OCC)c(Br)c1. The van der Waals surface area contributed by atoms with E-state index in [0.29, 0.717) is 6.61 Å². The fourth-order valence-electron chi connectivity index (χ4n) is 2.26. The lowest BCUT2D eigenvalue weighted by molar-refractivity contribution is 0.338. The van der Waals surface area contributed by atoms with Crippen LogP contribution < -0.4 is 10.1 Å². The van der Waals surface area contributed by atoms with Gasteiger partial charge in [-0.05, 0) is 64.8 Å². The topological polar surface area (TPSA) is 21.3 Å². The highest BCUT2D eigenvalue weighted by Gasteiger charge is 2.14. The van der Waals surface area contributed by atoms with E-state index >= 15 is 0 Å². The maximum Gasteiger partial charge on any atom is 0.133 e. The zero-order valence-electron chi connectivity index (χ0n) is 12.2. The van der Waals surface area contributed by atoms with E-state index in [1.807, 2.05) is 13.0 Å². The number of hydrogen-bond acceptors (Lipinski definition) is 2. The van der Waals surface area contributed by atoms with Crippen LogP contribution in [0.2, 0.25) is 0 Å². The molecule has 112 valence electrons. The van der Waals surface area contributed by atoms with Crippen LogP contribution in [0.25, 0.3) is 0 Å². The molecule has 21 heavy (non-hydrogen) atoms. The molecule has 0 fully saturated rings. The van der Waals surface area contributed by atoms with Crippen LogP contribution in [0, 0.1) is 0 Å². The molecule has 2 rings (SSSR count). The van der Waals surface area contributed by atoms with Crippen molar-refractivity contribution in [3.63, 3.8) is 0 Å². The average molecular weight is 413 g/mol. The lowest BCUT2D eigenvalue weighted by Crippen LogP contribution is -2.22. The van der Waals surface area contributed by atoms with E-state index < -0.39 is 0 Å². The monoisotopic (exact) mass is 411 g/mol. The number of nitrogens with one attached hydrogen (secondary N) is 1. The summed E-state index contributed by atoms with van der Waals surface area (Å²) in [6, 6.07) is 14.9. The van der Waals surface area contributed by atoms with Gasteiger partial charge in [0.15, 0.2) is 0 Å². The van der Waals surface area contributed by atoms with Gasteiger partial charge < -0.3 is 10.1 Å². The lowest BCUT2D eigenvalue weighted by atomic mass is 9.98. The van der Waals surface area contributed by atoms with Crippen LogP contribution in [-0.2, 0) is 0 Å². The van der Waals surface area contributed by atoms with Crippen molar-refractivity contribution in [2.24, 2.45) is 0 Å². The predicted molar refractivity (Wildman–Crippen MR) is 95.0 cm³/mol. The van der Waals surface area contributed by atoms with Crippen molar-refractivity contribution < 1.29 is 4.74 Å². The first-order chi connectivity index (χ1) is 10.2. The number of halogens is 2. The Kier molecular flexibility index (Phi) is 6.27. The Morgan fingerprint density at radius 3 is 2.24 bits per heavy atom. The van der Waals surface area contributed by atoms with Gasteiger partial charge in [0.05, 0.1) is 17.1 Å². The van der Waals surface area contributed by atoms with Crippen molar-refractivity contribution in [3.8, 4) is 5.75 Å². The molecule has 0 bridgehead atoms. The molecule has 1 N–H and O–H groups in total. The molecule has 1 atom stereocenters. The third-order valence-electron chi connectivity index (χ3n) is 3.20. The highest BCUT2D eigenvalue weighted by atomic mass is 79.9. The van der Waals surface area contributed by atoms with Gasteiger partial charge in [0, 0.05) is 4.47 Å². The molecule has 2 nitrogen and oxygen atoms in total. The summed E-state index contributed by atoms with van der Waals surface area (Å²) in [6.45, 7) is 5.69. The summed E-state index contributed by atoms with van der Waals surface area (Å²) in [5.74, 6) is 0.882. The van der Waals surface area contributed by atoms with Crippen LogP contribution in [0.15, 0.2) is 51.4 Å². The molecule has 0 spiro atoms. The first kappa shape index (κ1) is 16.5. The highest BCUT2D eigenvalue weighted by molar-refractivity contribution is 9.10. The molecule has 0 radical (unpaired) electrons. The van der Waals surface area contributed by atoms with E-state index in [1.165, 1.54) is 11.1 Å². The van der Waals surface area contributed by atoms with Gasteiger partial charge in [-0.3, -0.25) is 0 Å². The van der Waals surface area contributed by atoms with Crippen molar-refractivity contribution in [3.05, 3.63) is 62.5 Å². The standard InChI is InChI=1S/C17H19Br2NO/c1-3-20-17(12-5-8-14(18)9-6-12)13-7-10-16(21-4-2)15(19)11-13/h5-11,17,20H,3-4H2,1-2H3.